The Morgan fingerprint density at radius 3 is 2.80 bits per heavy atom. The number of hydrogen-bond donors (Lipinski definition) is 1. The summed E-state index contributed by atoms with van der Waals surface area (Å²) in [5.74, 6) is 0. The number of ether oxygens (including phenoxy) is 2. The number of aliphatic hydroxyl groups excluding tert-OH is 1. The second kappa shape index (κ2) is 6.30. The molecule has 2 heterocycles. The van der Waals surface area contributed by atoms with Gasteiger partial charge in [-0.3, -0.25) is 4.90 Å². The van der Waals surface area contributed by atoms with E-state index in [1.54, 1.807) is 0 Å². The van der Waals surface area contributed by atoms with E-state index in [-0.39, 0.29) is 18.3 Å². The van der Waals surface area contributed by atoms with E-state index in [0.29, 0.717) is 12.1 Å². The quantitative estimate of drug-likeness (QED) is 0.841. The van der Waals surface area contributed by atoms with Crippen molar-refractivity contribution >= 4 is 0 Å². The Hall–Kier alpha value is -0.160. The molecule has 20 heavy (non-hydrogen) atoms. The fourth-order valence-electron chi connectivity index (χ4n) is 4.29. The third kappa shape index (κ3) is 3.03. The first-order valence-corrected chi connectivity index (χ1v) is 8.35. The lowest BCUT2D eigenvalue weighted by atomic mass is 9.77. The molecule has 4 nitrogen and oxygen atoms in total. The normalized spacial score (nSPS) is 39.0. The van der Waals surface area contributed by atoms with Gasteiger partial charge in [-0.2, -0.15) is 0 Å². The second-order valence-corrected chi connectivity index (χ2v) is 6.92. The van der Waals surface area contributed by atoms with Crippen LogP contribution in [0, 0.1) is 0 Å². The second-order valence-electron chi connectivity index (χ2n) is 6.92. The Kier molecular flexibility index (Phi) is 4.65. The predicted molar refractivity (Wildman–Crippen MR) is 77.8 cm³/mol. The van der Waals surface area contributed by atoms with Crippen LogP contribution in [0.1, 0.15) is 51.9 Å². The van der Waals surface area contributed by atoms with Crippen molar-refractivity contribution in [3.05, 3.63) is 0 Å². The van der Waals surface area contributed by atoms with Crippen LogP contribution in [-0.4, -0.2) is 60.2 Å². The molecule has 1 spiro atoms. The molecule has 1 aliphatic carbocycles. The van der Waals surface area contributed by atoms with Crippen LogP contribution in [-0.2, 0) is 9.47 Å². The molecule has 2 aliphatic heterocycles. The van der Waals surface area contributed by atoms with Crippen LogP contribution < -0.4 is 0 Å². The van der Waals surface area contributed by atoms with Crippen LogP contribution in [0.2, 0.25) is 0 Å². The zero-order chi connectivity index (χ0) is 14.0. The van der Waals surface area contributed by atoms with Gasteiger partial charge in [0.15, 0.2) is 0 Å². The summed E-state index contributed by atoms with van der Waals surface area (Å²) in [7, 11) is 0. The van der Waals surface area contributed by atoms with E-state index in [9.17, 15) is 5.11 Å². The van der Waals surface area contributed by atoms with Gasteiger partial charge in [0.25, 0.3) is 0 Å². The molecule has 0 amide bonds. The van der Waals surface area contributed by atoms with E-state index in [0.717, 1.165) is 26.2 Å². The van der Waals surface area contributed by atoms with Gasteiger partial charge in [0.1, 0.15) is 0 Å². The Morgan fingerprint density at radius 1 is 1.25 bits per heavy atom. The van der Waals surface area contributed by atoms with E-state index in [2.05, 4.69) is 11.8 Å². The fraction of sp³-hybridized carbons (Fsp3) is 1.00. The van der Waals surface area contributed by atoms with Gasteiger partial charge in [0.2, 0.25) is 0 Å². The van der Waals surface area contributed by atoms with Crippen LogP contribution in [0.4, 0.5) is 0 Å². The van der Waals surface area contributed by atoms with Gasteiger partial charge in [0, 0.05) is 25.2 Å². The van der Waals surface area contributed by atoms with Gasteiger partial charge in [-0.15, -0.1) is 0 Å². The highest BCUT2D eigenvalue weighted by Gasteiger charge is 2.42. The Labute approximate surface area is 122 Å². The molecule has 4 heteroatoms. The third-order valence-corrected chi connectivity index (χ3v) is 5.46. The highest BCUT2D eigenvalue weighted by Crippen LogP contribution is 2.40. The van der Waals surface area contributed by atoms with Crippen LogP contribution in [0.5, 0.6) is 0 Å². The average molecular weight is 283 g/mol. The lowest BCUT2D eigenvalue weighted by Gasteiger charge is -2.50. The first-order chi connectivity index (χ1) is 9.72. The zero-order valence-electron chi connectivity index (χ0n) is 12.7. The van der Waals surface area contributed by atoms with Gasteiger partial charge in [0.05, 0.1) is 24.9 Å². The largest absolute Gasteiger partial charge is 0.394 e. The lowest BCUT2D eigenvalue weighted by molar-refractivity contribution is -0.151. The number of morpholine rings is 1. The van der Waals surface area contributed by atoms with Crippen molar-refractivity contribution in [2.45, 2.75) is 75.7 Å². The summed E-state index contributed by atoms with van der Waals surface area (Å²) < 4.78 is 11.9. The molecule has 0 aromatic heterocycles. The highest BCUT2D eigenvalue weighted by molar-refractivity contribution is 4.95. The van der Waals surface area contributed by atoms with Gasteiger partial charge in [-0.25, -0.2) is 0 Å². The van der Waals surface area contributed by atoms with E-state index >= 15 is 0 Å². The molecule has 0 bridgehead atoms. The topological polar surface area (TPSA) is 41.9 Å². The molecule has 3 aliphatic rings. The summed E-state index contributed by atoms with van der Waals surface area (Å²) in [6.07, 6.45) is 8.80. The molecule has 2 saturated heterocycles. The van der Waals surface area contributed by atoms with Crippen LogP contribution >= 0.6 is 0 Å². The van der Waals surface area contributed by atoms with Crippen LogP contribution in [0.25, 0.3) is 0 Å². The number of aliphatic hydroxyl groups is 1. The lowest BCUT2D eigenvalue weighted by Crippen LogP contribution is -2.57. The molecule has 1 saturated carbocycles. The van der Waals surface area contributed by atoms with Gasteiger partial charge >= 0.3 is 0 Å². The highest BCUT2D eigenvalue weighted by atomic mass is 16.5. The minimum absolute atomic E-state index is 0.00338. The molecule has 3 unspecified atom stereocenters. The molecular formula is C16H29NO3. The van der Waals surface area contributed by atoms with Crippen molar-refractivity contribution in [2.75, 3.05) is 26.4 Å². The average Bonchev–Trinajstić information content (AvgIpc) is 2.48. The SMILES string of the molecule is CC1COC(CO)CN1C1CCOC2(CCCCC2)C1. The maximum Gasteiger partial charge on any atom is 0.0933 e. The van der Waals surface area contributed by atoms with Crippen molar-refractivity contribution in [3.63, 3.8) is 0 Å². The summed E-state index contributed by atoms with van der Waals surface area (Å²) >= 11 is 0. The Balaban J connectivity index is 1.66. The summed E-state index contributed by atoms with van der Waals surface area (Å²) in [5.41, 5.74) is 0.161. The van der Waals surface area contributed by atoms with Crippen molar-refractivity contribution in [2.24, 2.45) is 0 Å². The zero-order valence-corrected chi connectivity index (χ0v) is 12.7. The molecule has 0 aromatic carbocycles. The van der Waals surface area contributed by atoms with E-state index in [1.165, 1.54) is 38.5 Å². The van der Waals surface area contributed by atoms with Crippen LogP contribution in [0.15, 0.2) is 0 Å². The molecule has 0 radical (unpaired) electrons. The van der Waals surface area contributed by atoms with E-state index < -0.39 is 0 Å². The van der Waals surface area contributed by atoms with Crippen molar-refractivity contribution in [1.29, 1.82) is 0 Å². The fourth-order valence-corrected chi connectivity index (χ4v) is 4.29. The minimum Gasteiger partial charge on any atom is -0.394 e. The Bertz CT molecular complexity index is 311. The third-order valence-electron chi connectivity index (χ3n) is 5.46. The van der Waals surface area contributed by atoms with Gasteiger partial charge in [-0.05, 0) is 32.6 Å². The van der Waals surface area contributed by atoms with Gasteiger partial charge < -0.3 is 14.6 Å². The smallest absolute Gasteiger partial charge is 0.0933 e. The molecule has 3 rings (SSSR count). The molecule has 0 aromatic rings. The van der Waals surface area contributed by atoms with Crippen LogP contribution in [0.3, 0.4) is 0 Å². The molecule has 3 fully saturated rings. The minimum atomic E-state index is -0.00338. The monoisotopic (exact) mass is 283 g/mol. The first kappa shape index (κ1) is 14.8. The molecule has 3 atom stereocenters. The van der Waals surface area contributed by atoms with Crippen molar-refractivity contribution in [3.8, 4) is 0 Å². The Morgan fingerprint density at radius 2 is 2.05 bits per heavy atom. The number of rotatable bonds is 2. The van der Waals surface area contributed by atoms with Crippen molar-refractivity contribution < 1.29 is 14.6 Å². The molecule has 1 N–H and O–H groups in total. The maximum absolute atomic E-state index is 9.36. The van der Waals surface area contributed by atoms with E-state index in [1.807, 2.05) is 0 Å². The number of nitrogens with zero attached hydrogens (tertiary/aromatic N) is 1. The van der Waals surface area contributed by atoms with E-state index in [4.69, 9.17) is 9.47 Å². The van der Waals surface area contributed by atoms with Crippen molar-refractivity contribution in [1.82, 2.24) is 4.90 Å². The predicted octanol–water partition coefficient (Wildman–Crippen LogP) is 1.95. The summed E-state index contributed by atoms with van der Waals surface area (Å²) in [6, 6.07) is 1.07. The molecule has 116 valence electrons. The first-order valence-electron chi connectivity index (χ1n) is 8.35. The van der Waals surface area contributed by atoms with Gasteiger partial charge in [-0.1, -0.05) is 19.3 Å². The summed E-state index contributed by atoms with van der Waals surface area (Å²) in [5, 5.41) is 9.36. The standard InChI is InChI=1S/C16H29NO3/c1-13-12-19-15(11-18)10-17(13)14-5-8-20-16(9-14)6-3-2-4-7-16/h13-15,18H,2-12H2,1H3. The summed E-state index contributed by atoms with van der Waals surface area (Å²) in [6.45, 7) is 4.90. The maximum atomic E-state index is 9.36. The summed E-state index contributed by atoms with van der Waals surface area (Å²) in [4.78, 5) is 2.57. The molecular weight excluding hydrogens is 254 g/mol. The number of hydrogen-bond acceptors (Lipinski definition) is 4.